The fraction of sp³-hybridized carbons (Fsp3) is 0.647. The molecule has 1 saturated carbocycles. The molecule has 1 aliphatic carbocycles. The third kappa shape index (κ3) is 7.13. The Hall–Kier alpha value is -3.40. The Morgan fingerprint density at radius 3 is 2.29 bits per heavy atom. The van der Waals surface area contributed by atoms with E-state index in [-0.39, 0.29) is 0 Å². The summed E-state index contributed by atoms with van der Waals surface area (Å²) >= 11 is 0. The molecule has 52 heavy (non-hydrogen) atoms. The molecule has 5 aliphatic rings. The Morgan fingerprint density at radius 2 is 1.62 bits per heavy atom. The lowest BCUT2D eigenvalue weighted by molar-refractivity contribution is -0.347. The minimum atomic E-state index is -1.72. The van der Waals surface area contributed by atoms with Crippen molar-refractivity contribution in [1.82, 2.24) is 0 Å². The summed E-state index contributed by atoms with van der Waals surface area (Å²) in [6.45, 7) is 1.50. The number of fused-ring (bicyclic) bond motifs is 3. The summed E-state index contributed by atoms with van der Waals surface area (Å²) in [7, 11) is 2.98. The molecule has 0 unspecified atom stereocenters. The zero-order valence-corrected chi connectivity index (χ0v) is 28.7. The van der Waals surface area contributed by atoms with E-state index in [1.807, 2.05) is 0 Å². The molecule has 6 N–H and O–H groups in total. The predicted molar refractivity (Wildman–Crippen MR) is 170 cm³/mol. The highest BCUT2D eigenvalue weighted by molar-refractivity contribution is 5.87. The maximum absolute atomic E-state index is 12.9. The first-order valence-corrected chi connectivity index (χ1v) is 16.7. The lowest BCUT2D eigenvalue weighted by Gasteiger charge is -2.44. The van der Waals surface area contributed by atoms with Crippen molar-refractivity contribution in [2.45, 2.75) is 99.4 Å². The van der Waals surface area contributed by atoms with Crippen LogP contribution in [0.3, 0.4) is 0 Å². The van der Waals surface area contributed by atoms with E-state index in [1.165, 1.54) is 26.6 Å². The van der Waals surface area contributed by atoms with Gasteiger partial charge in [0.2, 0.25) is 6.29 Å². The van der Waals surface area contributed by atoms with Crippen molar-refractivity contribution in [2.24, 2.45) is 11.8 Å². The second-order valence-electron chi connectivity index (χ2n) is 13.1. The standard InChI is InChI=1S/C34H44O18/c1-14-27(49-21(38)8-6-16-5-7-18(43-3)19(11-16)44-4)26(42)29(47-15(2)37)33(46-14)50-28-17-9-10-45-31(22(17)34(13-36)30(28)52-34)51-32-25(41)24(40)23(39)20(12-35)48-32/h5-11,14,17,20,22-33,35-36,39-42H,12-13H2,1-4H3/t14-,17+,20+,22+,23+,24-,25+,26+,27-,28-,29+,30-,31-,32-,33-,34+/m0/s1. The van der Waals surface area contributed by atoms with Gasteiger partial charge in [0.15, 0.2) is 36.3 Å². The number of carbonyl (C=O) groups is 2. The molecule has 0 amide bonds. The first-order chi connectivity index (χ1) is 24.9. The van der Waals surface area contributed by atoms with Gasteiger partial charge in [-0.05, 0) is 36.8 Å². The van der Waals surface area contributed by atoms with Gasteiger partial charge >= 0.3 is 11.9 Å². The zero-order chi connectivity index (χ0) is 37.5. The number of rotatable bonds is 12. The van der Waals surface area contributed by atoms with Gasteiger partial charge in [0.25, 0.3) is 0 Å². The van der Waals surface area contributed by atoms with Crippen molar-refractivity contribution in [3.63, 3.8) is 0 Å². The largest absolute Gasteiger partial charge is 0.493 e. The van der Waals surface area contributed by atoms with Crippen LogP contribution in [-0.2, 0) is 47.5 Å². The number of ether oxygens (including phenoxy) is 10. The van der Waals surface area contributed by atoms with Gasteiger partial charge in [-0.15, -0.1) is 0 Å². The first kappa shape index (κ1) is 38.3. The fourth-order valence-corrected chi connectivity index (χ4v) is 7.34. The minimum Gasteiger partial charge on any atom is -0.493 e. The van der Waals surface area contributed by atoms with Crippen molar-refractivity contribution < 1.29 is 87.6 Å². The van der Waals surface area contributed by atoms with E-state index in [0.29, 0.717) is 17.1 Å². The lowest BCUT2D eigenvalue weighted by Crippen LogP contribution is -2.61. The van der Waals surface area contributed by atoms with Crippen molar-refractivity contribution in [1.29, 1.82) is 0 Å². The number of hydrogen-bond donors (Lipinski definition) is 6. The molecule has 1 aromatic rings. The van der Waals surface area contributed by atoms with Crippen molar-refractivity contribution in [3.8, 4) is 11.5 Å². The maximum atomic E-state index is 12.9. The highest BCUT2D eigenvalue weighted by atomic mass is 16.8. The Balaban J connectivity index is 1.15. The molecular weight excluding hydrogens is 696 g/mol. The topological polar surface area (TPSA) is 251 Å². The van der Waals surface area contributed by atoms with Crippen molar-refractivity contribution in [2.75, 3.05) is 27.4 Å². The van der Waals surface area contributed by atoms with Crippen LogP contribution in [-0.4, -0.2) is 156 Å². The average Bonchev–Trinajstić information content (AvgIpc) is 3.81. The second-order valence-corrected chi connectivity index (χ2v) is 13.1. The van der Waals surface area contributed by atoms with E-state index in [1.54, 1.807) is 31.2 Å². The van der Waals surface area contributed by atoms with E-state index in [4.69, 9.17) is 47.4 Å². The van der Waals surface area contributed by atoms with E-state index >= 15 is 0 Å². The minimum absolute atomic E-state index is 0.451. The van der Waals surface area contributed by atoms with Gasteiger partial charge in [-0.1, -0.05) is 6.07 Å². The molecule has 18 heteroatoms. The van der Waals surface area contributed by atoms with E-state index in [9.17, 15) is 40.2 Å². The molecule has 6 rings (SSSR count). The normalized spacial score (nSPS) is 42.2. The molecule has 0 aromatic heterocycles. The van der Waals surface area contributed by atoms with Gasteiger partial charge in [0.05, 0.1) is 51.8 Å². The molecule has 0 bridgehead atoms. The van der Waals surface area contributed by atoms with Gasteiger partial charge < -0.3 is 78.0 Å². The van der Waals surface area contributed by atoms with Gasteiger partial charge in [-0.2, -0.15) is 0 Å². The van der Waals surface area contributed by atoms with Crippen LogP contribution in [0.4, 0.5) is 0 Å². The number of esters is 2. The van der Waals surface area contributed by atoms with Crippen LogP contribution >= 0.6 is 0 Å². The molecule has 4 fully saturated rings. The van der Waals surface area contributed by atoms with Crippen LogP contribution in [0.15, 0.2) is 36.6 Å². The lowest BCUT2D eigenvalue weighted by atomic mass is 9.85. The Labute approximate surface area is 297 Å². The van der Waals surface area contributed by atoms with Crippen LogP contribution in [0.2, 0.25) is 0 Å². The summed E-state index contributed by atoms with van der Waals surface area (Å²) in [5, 5.41) is 62.5. The monoisotopic (exact) mass is 740 g/mol. The van der Waals surface area contributed by atoms with Crippen molar-refractivity contribution >= 4 is 18.0 Å². The summed E-state index contributed by atoms with van der Waals surface area (Å²) in [6.07, 6.45) is -11.8. The van der Waals surface area contributed by atoms with E-state index < -0.39 is 122 Å². The maximum Gasteiger partial charge on any atom is 0.331 e. The molecule has 1 aromatic carbocycles. The molecule has 0 radical (unpaired) electrons. The first-order valence-electron chi connectivity index (χ1n) is 16.7. The quantitative estimate of drug-likeness (QED) is 0.0779. The van der Waals surface area contributed by atoms with E-state index in [0.717, 1.165) is 13.0 Å². The number of methoxy groups -OCH3 is 2. The van der Waals surface area contributed by atoms with Gasteiger partial charge in [-0.25, -0.2) is 4.79 Å². The van der Waals surface area contributed by atoms with Crippen LogP contribution in [0.5, 0.6) is 11.5 Å². The number of aliphatic hydroxyl groups is 6. The second kappa shape index (κ2) is 15.5. The highest BCUT2D eigenvalue weighted by Gasteiger charge is 2.77. The zero-order valence-electron chi connectivity index (χ0n) is 28.7. The van der Waals surface area contributed by atoms with Crippen LogP contribution in [0, 0.1) is 11.8 Å². The highest BCUT2D eigenvalue weighted by Crippen LogP contribution is 2.61. The van der Waals surface area contributed by atoms with Crippen molar-refractivity contribution in [3.05, 3.63) is 42.2 Å². The molecule has 4 aliphatic heterocycles. The number of epoxide rings is 1. The van der Waals surface area contributed by atoms with Gasteiger partial charge in [0, 0.05) is 18.9 Å². The molecule has 16 atom stereocenters. The number of aliphatic hydroxyl groups excluding tert-OH is 6. The van der Waals surface area contributed by atoms with Gasteiger partial charge in [-0.3, -0.25) is 4.79 Å². The SMILES string of the molecule is COc1ccc(C=CC(=O)O[C@@H]2[C@@H](O)[C@@H](OC(C)=O)[C@H](O[C@H]3[C@@H]4C=CO[C@@H](O[C@@H]5O[C@H](CO)[C@@H](O)[C@H](O)[C@H]5O)[C@@H]4[C@@]4(CO)O[C@@H]34)O[C@H]2C)cc1OC. The summed E-state index contributed by atoms with van der Waals surface area (Å²) in [6, 6.07) is 5.02. The fourth-order valence-electron chi connectivity index (χ4n) is 7.34. The van der Waals surface area contributed by atoms with E-state index in [2.05, 4.69) is 0 Å². The summed E-state index contributed by atoms with van der Waals surface area (Å²) in [4.78, 5) is 25.1. The molecule has 0 spiro atoms. The Kier molecular flexibility index (Phi) is 11.4. The number of benzene rings is 1. The molecule has 4 heterocycles. The third-order valence-corrected chi connectivity index (χ3v) is 10.0. The molecular formula is C34H44O18. The van der Waals surface area contributed by atoms with Crippen LogP contribution < -0.4 is 9.47 Å². The average molecular weight is 741 g/mol. The summed E-state index contributed by atoms with van der Waals surface area (Å²) in [5.41, 5.74) is -0.652. The summed E-state index contributed by atoms with van der Waals surface area (Å²) in [5.74, 6) is -2.01. The Bertz CT molecular complexity index is 1500. The molecule has 18 nitrogen and oxygen atoms in total. The van der Waals surface area contributed by atoms with Gasteiger partial charge in [0.1, 0.15) is 42.2 Å². The van der Waals surface area contributed by atoms with Crippen LogP contribution in [0.25, 0.3) is 6.08 Å². The number of carbonyl (C=O) groups excluding carboxylic acids is 2. The number of hydrogen-bond acceptors (Lipinski definition) is 18. The molecule has 288 valence electrons. The summed E-state index contributed by atoms with van der Waals surface area (Å²) < 4.78 is 57.0. The van der Waals surface area contributed by atoms with Crippen LogP contribution in [0.1, 0.15) is 19.4 Å². The third-order valence-electron chi connectivity index (χ3n) is 10.0. The Morgan fingerprint density at radius 1 is 0.865 bits per heavy atom. The smallest absolute Gasteiger partial charge is 0.331 e. The molecule has 3 saturated heterocycles. The predicted octanol–water partition coefficient (Wildman–Crippen LogP) is -1.89.